The van der Waals surface area contributed by atoms with Crippen molar-refractivity contribution in [2.45, 2.75) is 0 Å². The monoisotopic (exact) mass is 848 g/mol. The van der Waals surface area contributed by atoms with Crippen LogP contribution in [-0.2, 0) is 0 Å². The van der Waals surface area contributed by atoms with Gasteiger partial charge in [0.25, 0.3) is 0 Å². The first-order valence-corrected chi connectivity index (χ1v) is 10.8. The summed E-state index contributed by atoms with van der Waals surface area (Å²) in [6, 6.07) is -0.247. The van der Waals surface area contributed by atoms with E-state index in [0.29, 0.717) is 0 Å². The minimum Gasteiger partial charge on any atom is -0.907 e. The second-order valence-electron chi connectivity index (χ2n) is 7.42. The molecule has 0 bridgehead atoms. The van der Waals surface area contributed by atoms with E-state index in [1.54, 1.807) is 0 Å². The minimum absolute atomic E-state index is 0. The van der Waals surface area contributed by atoms with Crippen molar-refractivity contribution in [3.63, 3.8) is 0 Å². The summed E-state index contributed by atoms with van der Waals surface area (Å²) in [5.41, 5.74) is 0. The van der Waals surface area contributed by atoms with Gasteiger partial charge in [-0.3, -0.25) is 7.32 Å². The predicted octanol–water partition coefficient (Wildman–Crippen LogP) is -3.41. The molecule has 0 radical (unpaired) electrons. The van der Waals surface area contributed by atoms with Crippen LogP contribution < -0.4 is 169 Å². The Bertz CT molecular complexity index is 1400. The first kappa shape index (κ1) is 58.0. The van der Waals surface area contributed by atoms with Crippen LogP contribution in [0.25, 0.3) is 0 Å². The summed E-state index contributed by atoms with van der Waals surface area (Å²) in [5, 5.41) is 25.2. The van der Waals surface area contributed by atoms with Gasteiger partial charge in [-0.25, -0.2) is 87.8 Å². The average molecular weight is 848 g/mol. The third-order valence-corrected chi connectivity index (χ3v) is 4.23. The molecule has 0 saturated heterocycles. The van der Waals surface area contributed by atoms with Crippen molar-refractivity contribution in [2.24, 2.45) is 0 Å². The summed E-state index contributed by atoms with van der Waals surface area (Å²) in [6.07, 6.45) is 0. The molecular weight excluding hydrogens is 844 g/mol. The quantitative estimate of drug-likeness (QED) is 0.0804. The Morgan fingerprint density at radius 3 is 0.392 bits per heavy atom. The molecule has 0 aliphatic rings. The zero-order valence-electron chi connectivity index (χ0n) is 24.7. The maximum Gasteiger partial charge on any atom is 1.00 e. The van der Waals surface area contributed by atoms with Crippen LogP contribution >= 0.6 is 0 Å². The van der Waals surface area contributed by atoms with Gasteiger partial charge >= 0.3 is 154 Å². The molecule has 0 saturated carbocycles. The summed E-state index contributed by atoms with van der Waals surface area (Å²) in [6.45, 7) is 0. The molecule has 0 amide bonds. The molecule has 0 aliphatic heterocycles. The van der Waals surface area contributed by atoms with Crippen LogP contribution in [0.5, 0.6) is 0 Å². The first-order chi connectivity index (χ1) is 21.9. The van der Waals surface area contributed by atoms with Gasteiger partial charge in [0.2, 0.25) is 23.3 Å². The van der Waals surface area contributed by atoms with Crippen molar-refractivity contribution in [3.8, 4) is 0 Å². The molecule has 0 atom stereocenters. The smallest absolute Gasteiger partial charge is 0.907 e. The van der Waals surface area contributed by atoms with Gasteiger partial charge in [-0.15, -0.1) is 0 Å². The molecule has 0 aromatic heterocycles. The Kier molecular flexibility index (Phi) is 30.8. The van der Waals surface area contributed by atoms with Crippen LogP contribution in [0.4, 0.5) is 87.8 Å². The molecule has 0 heterocycles. The van der Waals surface area contributed by atoms with Gasteiger partial charge in [0, 0.05) is 24.3 Å². The third kappa shape index (κ3) is 18.2. The molecule has 0 unspecified atom stereocenters. The number of rotatable bonds is 0. The Morgan fingerprint density at radius 2 is 0.314 bits per heavy atom. The van der Waals surface area contributed by atoms with E-state index in [4.69, 9.17) is 15.1 Å². The maximum atomic E-state index is 12.0. The van der Waals surface area contributed by atoms with Crippen molar-refractivity contribution in [2.75, 3.05) is 0 Å². The van der Waals surface area contributed by atoms with E-state index in [1.807, 2.05) is 0 Å². The van der Waals surface area contributed by atoms with Crippen molar-refractivity contribution >= 4 is 7.32 Å². The third-order valence-electron chi connectivity index (χ3n) is 4.23. The molecule has 0 N–H and O–H groups in total. The van der Waals surface area contributed by atoms with Crippen LogP contribution in [0.15, 0.2) is 24.3 Å². The summed E-state index contributed by atoms with van der Waals surface area (Å²) in [7, 11) is -2.92. The van der Waals surface area contributed by atoms with Gasteiger partial charge in [-0.1, -0.05) is 0 Å². The summed E-state index contributed by atoms with van der Waals surface area (Å²) >= 11 is 0. The van der Waals surface area contributed by atoms with E-state index in [-0.39, 0.29) is 178 Å². The fourth-order valence-electron chi connectivity index (χ4n) is 2.18. The molecule has 4 rings (SSSR count). The van der Waals surface area contributed by atoms with Crippen molar-refractivity contribution in [1.29, 1.82) is 0 Å². The molecule has 264 valence electrons. The van der Waals surface area contributed by atoms with Crippen molar-refractivity contribution < 1.29 is 257 Å². The SMILES string of the molecule is Fc1cc(F)c(F)c(F)c1F.Fc1cc(F)c(F)c(F)c1F.Fc1cc(F)c(F)c(F)c1F.Fc1cc(F)c(F)c(F)c1F.[K+].[K+].[K+].[O-]B([O-])[O-]. The molecular formula is C24H4BF20K3O3. The minimum atomic E-state index is -2.92. The Labute approximate surface area is 398 Å². The Morgan fingerprint density at radius 1 is 0.235 bits per heavy atom. The fraction of sp³-hybridized carbons (Fsp3) is 0. The fourth-order valence-corrected chi connectivity index (χ4v) is 2.18. The molecule has 4 aromatic rings. The van der Waals surface area contributed by atoms with E-state index < -0.39 is 124 Å². The topological polar surface area (TPSA) is 69.2 Å². The van der Waals surface area contributed by atoms with E-state index in [2.05, 4.69) is 0 Å². The maximum absolute atomic E-state index is 12.0. The van der Waals surface area contributed by atoms with E-state index in [9.17, 15) is 87.8 Å². The van der Waals surface area contributed by atoms with Crippen molar-refractivity contribution in [1.82, 2.24) is 0 Å². The van der Waals surface area contributed by atoms with Crippen molar-refractivity contribution in [3.05, 3.63) is 141 Å². The Hall–Kier alpha value is 0.334. The summed E-state index contributed by atoms with van der Waals surface area (Å²) < 4.78 is 240. The van der Waals surface area contributed by atoms with Gasteiger partial charge in [-0.05, 0) is 0 Å². The standard InChI is InChI=1S/4C6HF5.BO3.3K/c4*7-2-1-3(8)5(10)6(11)4(2)9;2-1(3)4;;;/h4*1H;;;;/q;;;;-3;3*+1. The zero-order chi connectivity index (χ0) is 38.0. The van der Waals surface area contributed by atoms with Gasteiger partial charge in [0.15, 0.2) is 93.1 Å². The molecule has 51 heavy (non-hydrogen) atoms. The van der Waals surface area contributed by atoms with Crippen LogP contribution in [0.2, 0.25) is 0 Å². The van der Waals surface area contributed by atoms with E-state index in [1.165, 1.54) is 0 Å². The molecule has 0 aliphatic carbocycles. The number of halogens is 20. The van der Waals surface area contributed by atoms with Gasteiger partial charge < -0.3 is 15.1 Å². The predicted molar refractivity (Wildman–Crippen MR) is 111 cm³/mol. The van der Waals surface area contributed by atoms with Crippen LogP contribution in [0.1, 0.15) is 0 Å². The normalized spacial score (nSPS) is 9.39. The molecule has 27 heteroatoms. The largest absolute Gasteiger partial charge is 1.00 e. The summed E-state index contributed by atoms with van der Waals surface area (Å²) in [4.78, 5) is 0. The van der Waals surface area contributed by atoms with Crippen LogP contribution in [-0.4, -0.2) is 7.32 Å². The van der Waals surface area contributed by atoms with E-state index in [0.717, 1.165) is 0 Å². The number of hydrogen-bond acceptors (Lipinski definition) is 3. The Balaban J connectivity index is -0.000000273. The van der Waals surface area contributed by atoms with Gasteiger partial charge in [0.05, 0.1) is 0 Å². The van der Waals surface area contributed by atoms with Gasteiger partial charge in [0.1, 0.15) is 0 Å². The van der Waals surface area contributed by atoms with Crippen LogP contribution in [0.3, 0.4) is 0 Å². The second-order valence-corrected chi connectivity index (χ2v) is 7.42. The molecule has 4 aromatic carbocycles. The number of hydrogen-bond donors (Lipinski definition) is 0. The second kappa shape index (κ2) is 27.0. The average Bonchev–Trinajstić information content (AvgIpc) is 3.01. The van der Waals surface area contributed by atoms with Crippen LogP contribution in [0, 0.1) is 116 Å². The first-order valence-electron chi connectivity index (χ1n) is 10.8. The van der Waals surface area contributed by atoms with E-state index >= 15 is 0 Å². The molecule has 0 spiro atoms. The zero-order valence-corrected chi connectivity index (χ0v) is 34.0. The molecule has 3 nitrogen and oxygen atoms in total. The number of benzene rings is 4. The van der Waals surface area contributed by atoms with Gasteiger partial charge in [-0.2, -0.15) is 0 Å². The summed E-state index contributed by atoms with van der Waals surface area (Å²) in [5.74, 6) is -38.6. The molecule has 0 fully saturated rings.